The summed E-state index contributed by atoms with van der Waals surface area (Å²) in [5, 5.41) is 1.40. The van der Waals surface area contributed by atoms with Gasteiger partial charge in [-0.2, -0.15) is 0 Å². The third-order valence-electron chi connectivity index (χ3n) is 2.42. The lowest BCUT2D eigenvalue weighted by molar-refractivity contribution is 0.0953. The molecular formula is C13H12ClN3OS. The number of hydrogen-bond donors (Lipinski definition) is 2. The van der Waals surface area contributed by atoms with E-state index in [2.05, 4.69) is 10.4 Å². The molecule has 3 N–H and O–H groups in total. The molecule has 98 valence electrons. The van der Waals surface area contributed by atoms with Crippen LogP contribution in [-0.4, -0.2) is 10.9 Å². The molecule has 1 heterocycles. The van der Waals surface area contributed by atoms with Crippen molar-refractivity contribution in [3.05, 3.63) is 58.7 Å². The normalized spacial score (nSPS) is 10.2. The van der Waals surface area contributed by atoms with Gasteiger partial charge in [-0.1, -0.05) is 23.7 Å². The van der Waals surface area contributed by atoms with Crippen LogP contribution in [0.2, 0.25) is 5.02 Å². The van der Waals surface area contributed by atoms with Crippen molar-refractivity contribution >= 4 is 29.3 Å². The van der Waals surface area contributed by atoms with Gasteiger partial charge in [0.15, 0.2) is 0 Å². The molecule has 0 aliphatic rings. The summed E-state index contributed by atoms with van der Waals surface area (Å²) in [5.41, 5.74) is 3.65. The maximum atomic E-state index is 11.4. The Morgan fingerprint density at radius 3 is 2.95 bits per heavy atom. The summed E-state index contributed by atoms with van der Waals surface area (Å²) in [6.07, 6.45) is 1.70. The second-order valence-corrected chi connectivity index (χ2v) is 5.12. The van der Waals surface area contributed by atoms with Crippen molar-refractivity contribution in [2.45, 2.75) is 10.8 Å². The zero-order valence-corrected chi connectivity index (χ0v) is 11.5. The highest BCUT2D eigenvalue weighted by Crippen LogP contribution is 2.27. The fourth-order valence-electron chi connectivity index (χ4n) is 1.51. The van der Waals surface area contributed by atoms with Crippen molar-refractivity contribution in [3.63, 3.8) is 0 Å². The molecule has 19 heavy (non-hydrogen) atoms. The van der Waals surface area contributed by atoms with E-state index in [1.54, 1.807) is 30.5 Å². The van der Waals surface area contributed by atoms with Crippen LogP contribution in [0.25, 0.3) is 0 Å². The summed E-state index contributed by atoms with van der Waals surface area (Å²) in [4.78, 5) is 15.6. The fourth-order valence-corrected chi connectivity index (χ4v) is 2.62. The molecule has 0 fully saturated rings. The lowest BCUT2D eigenvalue weighted by Gasteiger charge is -2.05. The highest BCUT2D eigenvalue weighted by atomic mass is 35.5. The van der Waals surface area contributed by atoms with Gasteiger partial charge >= 0.3 is 0 Å². The predicted molar refractivity (Wildman–Crippen MR) is 76.9 cm³/mol. The first-order chi connectivity index (χ1) is 9.20. The van der Waals surface area contributed by atoms with E-state index in [1.165, 1.54) is 11.8 Å². The lowest BCUT2D eigenvalue weighted by Crippen LogP contribution is -2.29. The second-order valence-electron chi connectivity index (χ2n) is 3.75. The largest absolute Gasteiger partial charge is 0.290 e. The SMILES string of the molecule is NNC(=O)c1cccc(CSc2ncccc2Cl)c1. The first-order valence-electron chi connectivity index (χ1n) is 5.54. The summed E-state index contributed by atoms with van der Waals surface area (Å²) in [5.74, 6) is 5.49. The van der Waals surface area contributed by atoms with E-state index >= 15 is 0 Å². The molecule has 1 aromatic carbocycles. The van der Waals surface area contributed by atoms with Gasteiger partial charge in [0.05, 0.1) is 5.02 Å². The highest BCUT2D eigenvalue weighted by Gasteiger charge is 2.06. The Hall–Kier alpha value is -1.56. The van der Waals surface area contributed by atoms with Crippen molar-refractivity contribution in [1.29, 1.82) is 0 Å². The maximum absolute atomic E-state index is 11.4. The average molecular weight is 294 g/mol. The smallest absolute Gasteiger partial charge is 0.265 e. The molecule has 1 amide bonds. The van der Waals surface area contributed by atoms with Gasteiger partial charge in [0.25, 0.3) is 5.91 Å². The summed E-state index contributed by atoms with van der Waals surface area (Å²) in [6, 6.07) is 10.9. The summed E-state index contributed by atoms with van der Waals surface area (Å²) in [7, 11) is 0. The van der Waals surface area contributed by atoms with Crippen molar-refractivity contribution in [1.82, 2.24) is 10.4 Å². The van der Waals surface area contributed by atoms with Gasteiger partial charge in [-0.25, -0.2) is 10.8 Å². The van der Waals surface area contributed by atoms with Crippen LogP contribution < -0.4 is 11.3 Å². The second kappa shape index (κ2) is 6.56. The van der Waals surface area contributed by atoms with Crippen molar-refractivity contribution in [3.8, 4) is 0 Å². The number of nitrogens with zero attached hydrogens (tertiary/aromatic N) is 1. The van der Waals surface area contributed by atoms with E-state index in [0.717, 1.165) is 10.6 Å². The third kappa shape index (κ3) is 3.70. The molecule has 0 atom stereocenters. The number of rotatable bonds is 4. The third-order valence-corrected chi connectivity index (χ3v) is 3.91. The van der Waals surface area contributed by atoms with E-state index in [4.69, 9.17) is 17.4 Å². The maximum Gasteiger partial charge on any atom is 0.265 e. The number of nitrogens with one attached hydrogen (secondary N) is 1. The van der Waals surface area contributed by atoms with E-state index in [1.807, 2.05) is 12.1 Å². The Balaban J connectivity index is 2.08. The molecule has 1 aromatic heterocycles. The summed E-state index contributed by atoms with van der Waals surface area (Å²) in [6.45, 7) is 0. The molecule has 0 aliphatic heterocycles. The predicted octanol–water partition coefficient (Wildman–Crippen LogP) is 2.63. The zero-order valence-electron chi connectivity index (χ0n) is 9.97. The Morgan fingerprint density at radius 1 is 1.37 bits per heavy atom. The minimum atomic E-state index is -0.303. The minimum absolute atomic E-state index is 0.303. The molecule has 6 heteroatoms. The van der Waals surface area contributed by atoms with Crippen LogP contribution in [0.4, 0.5) is 0 Å². The van der Waals surface area contributed by atoms with Gasteiger partial charge in [0, 0.05) is 17.5 Å². The number of amides is 1. The average Bonchev–Trinajstić information content (AvgIpc) is 2.46. The monoisotopic (exact) mass is 293 g/mol. The van der Waals surface area contributed by atoms with Gasteiger partial charge in [0.2, 0.25) is 0 Å². The van der Waals surface area contributed by atoms with Crippen LogP contribution >= 0.6 is 23.4 Å². The molecule has 2 rings (SSSR count). The van der Waals surface area contributed by atoms with Crippen LogP contribution in [0, 0.1) is 0 Å². The molecule has 0 saturated carbocycles. The van der Waals surface area contributed by atoms with Gasteiger partial charge < -0.3 is 0 Å². The van der Waals surface area contributed by atoms with E-state index in [-0.39, 0.29) is 5.91 Å². The molecule has 0 radical (unpaired) electrons. The van der Waals surface area contributed by atoms with Gasteiger partial charge in [0.1, 0.15) is 5.03 Å². The molecule has 0 saturated heterocycles. The molecule has 0 unspecified atom stereocenters. The summed E-state index contributed by atoms with van der Waals surface area (Å²) < 4.78 is 0. The number of carbonyl (C=O) groups excluding carboxylic acids is 1. The number of nitrogens with two attached hydrogens (primary N) is 1. The number of thioether (sulfide) groups is 1. The van der Waals surface area contributed by atoms with E-state index in [9.17, 15) is 4.79 Å². The zero-order chi connectivity index (χ0) is 13.7. The van der Waals surface area contributed by atoms with Crippen LogP contribution in [0.1, 0.15) is 15.9 Å². The Kier molecular flexibility index (Phi) is 4.79. The van der Waals surface area contributed by atoms with Crippen LogP contribution in [0.15, 0.2) is 47.6 Å². The van der Waals surface area contributed by atoms with Crippen molar-refractivity contribution in [2.24, 2.45) is 5.84 Å². The number of benzene rings is 1. The topological polar surface area (TPSA) is 68.0 Å². The number of carbonyl (C=O) groups is 1. The van der Waals surface area contributed by atoms with Crippen molar-refractivity contribution in [2.75, 3.05) is 0 Å². The Labute approximate surface area is 120 Å². The number of hydrazine groups is 1. The molecule has 0 spiro atoms. The summed E-state index contributed by atoms with van der Waals surface area (Å²) >= 11 is 7.55. The molecule has 0 aliphatic carbocycles. The lowest BCUT2D eigenvalue weighted by atomic mass is 10.1. The van der Waals surface area contributed by atoms with Crippen LogP contribution in [0.3, 0.4) is 0 Å². The molecule has 2 aromatic rings. The van der Waals surface area contributed by atoms with Gasteiger partial charge in [-0.15, -0.1) is 11.8 Å². The van der Waals surface area contributed by atoms with Gasteiger partial charge in [-0.3, -0.25) is 10.2 Å². The fraction of sp³-hybridized carbons (Fsp3) is 0.0769. The number of hydrogen-bond acceptors (Lipinski definition) is 4. The Morgan fingerprint density at radius 2 is 2.21 bits per heavy atom. The Bertz CT molecular complexity index is 592. The molecule has 4 nitrogen and oxygen atoms in total. The quantitative estimate of drug-likeness (QED) is 0.393. The highest BCUT2D eigenvalue weighted by molar-refractivity contribution is 7.98. The minimum Gasteiger partial charge on any atom is -0.290 e. The first-order valence-corrected chi connectivity index (χ1v) is 6.90. The van der Waals surface area contributed by atoms with Crippen LogP contribution in [0.5, 0.6) is 0 Å². The number of nitrogen functional groups attached to an aromatic ring is 1. The number of halogens is 1. The van der Waals surface area contributed by atoms with Gasteiger partial charge in [-0.05, 0) is 29.8 Å². The standard InChI is InChI=1S/C13H12ClN3OS/c14-11-5-2-6-16-13(11)19-8-9-3-1-4-10(7-9)12(18)17-15/h1-7H,8,15H2,(H,17,18). The first kappa shape index (κ1) is 13.9. The number of pyridine rings is 1. The molecular weight excluding hydrogens is 282 g/mol. The van der Waals surface area contributed by atoms with Crippen LogP contribution in [-0.2, 0) is 5.75 Å². The molecule has 0 bridgehead atoms. The van der Waals surface area contributed by atoms with E-state index < -0.39 is 0 Å². The number of aromatic nitrogens is 1. The van der Waals surface area contributed by atoms with E-state index in [0.29, 0.717) is 16.3 Å². The van der Waals surface area contributed by atoms with Crippen molar-refractivity contribution < 1.29 is 4.79 Å².